The summed E-state index contributed by atoms with van der Waals surface area (Å²) in [5, 5.41) is 10.5. The van der Waals surface area contributed by atoms with Crippen molar-refractivity contribution < 1.29 is 28.9 Å². The lowest BCUT2D eigenvalue weighted by atomic mass is 9.86. The lowest BCUT2D eigenvalue weighted by molar-refractivity contribution is -0.151. The van der Waals surface area contributed by atoms with E-state index in [0.29, 0.717) is 11.3 Å². The van der Waals surface area contributed by atoms with Gasteiger partial charge in [0.1, 0.15) is 19.0 Å². The van der Waals surface area contributed by atoms with Crippen LogP contribution in [0.2, 0.25) is 0 Å². The standard InChI is InChI=1S/C20H22O6/c1-14(21)25-11-12-26-17-10-6-9-16(13-17)18(19(22)20(23)24-2)15-7-4-3-5-8-15/h3-10,13,18-19,22H,11-12H2,1-2H3. The molecule has 6 nitrogen and oxygen atoms in total. The summed E-state index contributed by atoms with van der Waals surface area (Å²) >= 11 is 0. The quantitative estimate of drug-likeness (QED) is 0.576. The number of hydrogen-bond donors (Lipinski definition) is 1. The van der Waals surface area contributed by atoms with Crippen molar-refractivity contribution >= 4 is 11.9 Å². The van der Waals surface area contributed by atoms with Gasteiger partial charge < -0.3 is 19.3 Å². The predicted octanol–water partition coefficient (Wildman–Crippen LogP) is 2.29. The number of benzene rings is 2. The molecule has 2 atom stereocenters. The molecule has 2 rings (SSSR count). The molecule has 0 saturated heterocycles. The first-order chi connectivity index (χ1) is 12.5. The number of carbonyl (C=O) groups is 2. The monoisotopic (exact) mass is 358 g/mol. The Hall–Kier alpha value is -2.86. The van der Waals surface area contributed by atoms with E-state index in [0.717, 1.165) is 5.56 Å². The van der Waals surface area contributed by atoms with Crippen molar-refractivity contribution in [1.82, 2.24) is 0 Å². The zero-order valence-electron chi connectivity index (χ0n) is 14.8. The van der Waals surface area contributed by atoms with Crippen LogP contribution < -0.4 is 4.74 Å². The van der Waals surface area contributed by atoms with Gasteiger partial charge in [0, 0.05) is 12.8 Å². The minimum absolute atomic E-state index is 0.145. The molecule has 0 fully saturated rings. The van der Waals surface area contributed by atoms with Crippen LogP contribution in [0.5, 0.6) is 5.75 Å². The third kappa shape index (κ3) is 5.32. The van der Waals surface area contributed by atoms with Crippen molar-refractivity contribution in [3.63, 3.8) is 0 Å². The van der Waals surface area contributed by atoms with Gasteiger partial charge in [0.25, 0.3) is 0 Å². The third-order valence-corrected chi connectivity index (χ3v) is 3.79. The van der Waals surface area contributed by atoms with E-state index in [1.54, 1.807) is 18.2 Å². The normalized spacial score (nSPS) is 12.7. The van der Waals surface area contributed by atoms with Crippen molar-refractivity contribution in [2.75, 3.05) is 20.3 Å². The van der Waals surface area contributed by atoms with E-state index in [2.05, 4.69) is 0 Å². The van der Waals surface area contributed by atoms with E-state index in [-0.39, 0.29) is 19.2 Å². The van der Waals surface area contributed by atoms with E-state index >= 15 is 0 Å². The molecule has 0 aliphatic rings. The highest BCUT2D eigenvalue weighted by Crippen LogP contribution is 2.31. The SMILES string of the molecule is COC(=O)C(O)C(c1ccccc1)c1cccc(OCCOC(C)=O)c1. The number of methoxy groups -OCH3 is 1. The summed E-state index contributed by atoms with van der Waals surface area (Å²) in [4.78, 5) is 22.7. The summed E-state index contributed by atoms with van der Waals surface area (Å²) in [6, 6.07) is 16.3. The van der Waals surface area contributed by atoms with E-state index in [1.807, 2.05) is 36.4 Å². The molecule has 0 radical (unpaired) electrons. The maximum atomic E-state index is 11.9. The van der Waals surface area contributed by atoms with Gasteiger partial charge in [-0.1, -0.05) is 42.5 Å². The first-order valence-corrected chi connectivity index (χ1v) is 8.20. The van der Waals surface area contributed by atoms with Crippen molar-refractivity contribution in [2.24, 2.45) is 0 Å². The minimum atomic E-state index is -1.35. The van der Waals surface area contributed by atoms with Crippen LogP contribution >= 0.6 is 0 Å². The van der Waals surface area contributed by atoms with Gasteiger partial charge in [-0.05, 0) is 23.3 Å². The number of aliphatic hydroxyl groups is 1. The highest BCUT2D eigenvalue weighted by molar-refractivity contribution is 5.76. The lowest BCUT2D eigenvalue weighted by Gasteiger charge is -2.22. The Kier molecular flexibility index (Phi) is 7.17. The average molecular weight is 358 g/mol. The fourth-order valence-corrected chi connectivity index (χ4v) is 2.62. The Morgan fingerprint density at radius 1 is 1.00 bits per heavy atom. The number of rotatable bonds is 8. The van der Waals surface area contributed by atoms with Crippen LogP contribution in [0.15, 0.2) is 54.6 Å². The second kappa shape index (κ2) is 9.58. The molecule has 0 aromatic heterocycles. The highest BCUT2D eigenvalue weighted by atomic mass is 16.6. The van der Waals surface area contributed by atoms with E-state index in [9.17, 15) is 14.7 Å². The first kappa shape index (κ1) is 19.5. The average Bonchev–Trinajstić information content (AvgIpc) is 2.66. The predicted molar refractivity (Wildman–Crippen MR) is 94.9 cm³/mol. The molecule has 6 heteroatoms. The highest BCUT2D eigenvalue weighted by Gasteiger charge is 2.30. The number of hydrogen-bond acceptors (Lipinski definition) is 6. The Balaban J connectivity index is 2.23. The van der Waals surface area contributed by atoms with Gasteiger partial charge in [-0.2, -0.15) is 0 Å². The molecule has 26 heavy (non-hydrogen) atoms. The topological polar surface area (TPSA) is 82.1 Å². The molecule has 0 aliphatic heterocycles. The van der Waals surface area contributed by atoms with Gasteiger partial charge in [0.2, 0.25) is 0 Å². The molecule has 0 aliphatic carbocycles. The zero-order chi connectivity index (χ0) is 18.9. The summed E-state index contributed by atoms with van der Waals surface area (Å²) < 4.78 is 15.1. The molecule has 0 bridgehead atoms. The second-order valence-corrected chi connectivity index (χ2v) is 5.62. The van der Waals surface area contributed by atoms with Gasteiger partial charge >= 0.3 is 11.9 Å². The van der Waals surface area contributed by atoms with Crippen LogP contribution in [-0.4, -0.2) is 43.5 Å². The first-order valence-electron chi connectivity index (χ1n) is 8.20. The summed E-state index contributed by atoms with van der Waals surface area (Å²) in [6.07, 6.45) is -1.35. The van der Waals surface area contributed by atoms with Crippen molar-refractivity contribution in [2.45, 2.75) is 18.9 Å². The molecule has 0 heterocycles. The maximum Gasteiger partial charge on any atom is 0.335 e. The van der Waals surface area contributed by atoms with Gasteiger partial charge in [0.15, 0.2) is 6.10 Å². The largest absolute Gasteiger partial charge is 0.490 e. The molecule has 138 valence electrons. The molecule has 2 unspecified atom stereocenters. The summed E-state index contributed by atoms with van der Waals surface area (Å²) in [7, 11) is 1.24. The van der Waals surface area contributed by atoms with E-state index < -0.39 is 18.0 Å². The number of ether oxygens (including phenoxy) is 3. The maximum absolute atomic E-state index is 11.9. The summed E-state index contributed by atoms with van der Waals surface area (Å²) in [5.41, 5.74) is 1.49. The summed E-state index contributed by atoms with van der Waals surface area (Å²) in [6.45, 7) is 1.68. The number of carbonyl (C=O) groups excluding carboxylic acids is 2. The van der Waals surface area contributed by atoms with Crippen molar-refractivity contribution in [3.8, 4) is 5.75 Å². The molecule has 0 spiro atoms. The number of esters is 2. The van der Waals surface area contributed by atoms with Crippen LogP contribution in [0.3, 0.4) is 0 Å². The Bertz CT molecular complexity index is 728. The molecule has 1 N–H and O–H groups in total. The third-order valence-electron chi connectivity index (χ3n) is 3.79. The molecule has 2 aromatic rings. The van der Waals surface area contributed by atoms with Crippen LogP contribution in [0.4, 0.5) is 0 Å². The Morgan fingerprint density at radius 2 is 1.69 bits per heavy atom. The number of aliphatic hydroxyl groups excluding tert-OH is 1. The van der Waals surface area contributed by atoms with Gasteiger partial charge in [-0.3, -0.25) is 4.79 Å². The Morgan fingerprint density at radius 3 is 2.35 bits per heavy atom. The fourth-order valence-electron chi connectivity index (χ4n) is 2.62. The lowest BCUT2D eigenvalue weighted by Crippen LogP contribution is -2.30. The van der Waals surface area contributed by atoms with Gasteiger partial charge in [-0.25, -0.2) is 4.79 Å². The molecular formula is C20H22O6. The van der Waals surface area contributed by atoms with Crippen molar-refractivity contribution in [3.05, 3.63) is 65.7 Å². The zero-order valence-corrected chi connectivity index (χ0v) is 14.8. The smallest absolute Gasteiger partial charge is 0.335 e. The molecule has 0 amide bonds. The van der Waals surface area contributed by atoms with Gasteiger partial charge in [0.05, 0.1) is 7.11 Å². The van der Waals surface area contributed by atoms with E-state index in [1.165, 1.54) is 14.0 Å². The van der Waals surface area contributed by atoms with E-state index in [4.69, 9.17) is 14.2 Å². The van der Waals surface area contributed by atoms with Crippen molar-refractivity contribution in [1.29, 1.82) is 0 Å². The molecular weight excluding hydrogens is 336 g/mol. The molecule has 0 saturated carbocycles. The van der Waals surface area contributed by atoms with Crippen LogP contribution in [0, 0.1) is 0 Å². The second-order valence-electron chi connectivity index (χ2n) is 5.62. The van der Waals surface area contributed by atoms with Crippen LogP contribution in [0.1, 0.15) is 24.0 Å². The van der Waals surface area contributed by atoms with Crippen LogP contribution in [0.25, 0.3) is 0 Å². The van der Waals surface area contributed by atoms with Gasteiger partial charge in [-0.15, -0.1) is 0 Å². The Labute approximate surface area is 152 Å². The minimum Gasteiger partial charge on any atom is -0.490 e. The van der Waals surface area contributed by atoms with Crippen LogP contribution in [-0.2, 0) is 19.1 Å². The fraction of sp³-hybridized carbons (Fsp3) is 0.300. The molecule has 2 aromatic carbocycles. The summed E-state index contributed by atoms with van der Waals surface area (Å²) in [5.74, 6) is -1.12.